The summed E-state index contributed by atoms with van der Waals surface area (Å²) in [5.41, 5.74) is 6.67. The monoisotopic (exact) mass is 308 g/mol. The molecule has 0 aromatic carbocycles. The third-order valence-electron chi connectivity index (χ3n) is 2.88. The lowest BCUT2D eigenvalue weighted by Gasteiger charge is -2.03. The number of hydrogen-bond acceptors (Lipinski definition) is 4. The van der Waals surface area contributed by atoms with E-state index in [9.17, 15) is 9.59 Å². The Morgan fingerprint density at radius 1 is 1.35 bits per heavy atom. The molecule has 2 aromatic rings. The molecule has 0 fully saturated rings. The van der Waals surface area contributed by atoms with Crippen LogP contribution >= 0.6 is 22.7 Å². The van der Waals surface area contributed by atoms with E-state index in [-0.39, 0.29) is 11.8 Å². The number of primary amides is 1. The summed E-state index contributed by atoms with van der Waals surface area (Å²) in [6.07, 6.45) is 0. The van der Waals surface area contributed by atoms with Crippen molar-refractivity contribution in [2.45, 2.75) is 26.7 Å². The highest BCUT2D eigenvalue weighted by atomic mass is 32.1. The van der Waals surface area contributed by atoms with Crippen LogP contribution < -0.4 is 11.1 Å². The van der Waals surface area contributed by atoms with Gasteiger partial charge in [-0.1, -0.05) is 13.8 Å². The van der Waals surface area contributed by atoms with E-state index < -0.39 is 5.91 Å². The average Bonchev–Trinajstić information content (AvgIpc) is 2.95. The van der Waals surface area contributed by atoms with Gasteiger partial charge in [-0.3, -0.25) is 9.59 Å². The number of thiophene rings is 2. The van der Waals surface area contributed by atoms with Crippen molar-refractivity contribution in [3.63, 3.8) is 0 Å². The molecule has 3 N–H and O–H groups in total. The maximum Gasteiger partial charge on any atom is 0.266 e. The maximum atomic E-state index is 12.2. The molecule has 2 amide bonds. The third-order valence-corrected chi connectivity index (χ3v) is 5.25. The van der Waals surface area contributed by atoms with Gasteiger partial charge in [0.1, 0.15) is 5.00 Å². The fraction of sp³-hybridized carbons (Fsp3) is 0.286. The number of anilines is 1. The molecule has 106 valence electrons. The second-order valence-corrected chi connectivity index (χ2v) is 6.80. The van der Waals surface area contributed by atoms with Crippen LogP contribution in [0.25, 0.3) is 0 Å². The van der Waals surface area contributed by atoms with E-state index in [1.165, 1.54) is 22.7 Å². The van der Waals surface area contributed by atoms with Crippen molar-refractivity contribution in [3.8, 4) is 0 Å². The normalized spacial score (nSPS) is 10.8. The largest absolute Gasteiger partial charge is 0.366 e. The first-order valence-electron chi connectivity index (χ1n) is 6.19. The average molecular weight is 308 g/mol. The summed E-state index contributed by atoms with van der Waals surface area (Å²) in [6, 6.07) is 3.65. The molecular weight excluding hydrogens is 292 g/mol. The van der Waals surface area contributed by atoms with E-state index in [4.69, 9.17) is 5.73 Å². The zero-order valence-electron chi connectivity index (χ0n) is 11.5. The minimum Gasteiger partial charge on any atom is -0.366 e. The fourth-order valence-corrected chi connectivity index (χ4v) is 3.62. The van der Waals surface area contributed by atoms with Gasteiger partial charge in [0.05, 0.1) is 10.4 Å². The second-order valence-electron chi connectivity index (χ2n) is 4.80. The Balaban J connectivity index is 2.31. The van der Waals surface area contributed by atoms with Crippen LogP contribution in [0.3, 0.4) is 0 Å². The SMILES string of the molecule is Cc1ccsc1C(=O)Nc1sc(C(C)C)cc1C(N)=O. The van der Waals surface area contributed by atoms with Gasteiger partial charge in [0.15, 0.2) is 0 Å². The van der Waals surface area contributed by atoms with Crippen LogP contribution in [0.15, 0.2) is 17.5 Å². The second kappa shape index (κ2) is 5.76. The summed E-state index contributed by atoms with van der Waals surface area (Å²) in [5, 5.41) is 5.19. The molecule has 6 heteroatoms. The van der Waals surface area contributed by atoms with Gasteiger partial charge in [-0.15, -0.1) is 22.7 Å². The van der Waals surface area contributed by atoms with Gasteiger partial charge in [-0.05, 0) is 35.9 Å². The topological polar surface area (TPSA) is 72.2 Å². The van der Waals surface area contributed by atoms with Crippen LogP contribution in [0.2, 0.25) is 0 Å². The predicted octanol–water partition coefficient (Wildman–Crippen LogP) is 3.59. The van der Waals surface area contributed by atoms with Crippen LogP contribution in [-0.2, 0) is 0 Å². The number of nitrogens with one attached hydrogen (secondary N) is 1. The van der Waals surface area contributed by atoms with Gasteiger partial charge >= 0.3 is 0 Å². The summed E-state index contributed by atoms with van der Waals surface area (Å²) < 4.78 is 0. The van der Waals surface area contributed by atoms with Gasteiger partial charge in [-0.2, -0.15) is 0 Å². The lowest BCUT2D eigenvalue weighted by molar-refractivity contribution is 0.100. The summed E-state index contributed by atoms with van der Waals surface area (Å²) in [6.45, 7) is 5.95. The summed E-state index contributed by atoms with van der Waals surface area (Å²) >= 11 is 2.78. The number of aryl methyl sites for hydroxylation is 1. The van der Waals surface area contributed by atoms with Gasteiger partial charge in [-0.25, -0.2) is 0 Å². The first-order valence-corrected chi connectivity index (χ1v) is 7.88. The standard InChI is InChI=1S/C14H16N2O2S2/c1-7(2)10-6-9(12(15)17)14(20-10)16-13(18)11-8(3)4-5-19-11/h4-7H,1-3H3,(H2,15,17)(H,16,18). The first-order chi connectivity index (χ1) is 9.40. The molecule has 2 heterocycles. The van der Waals surface area contributed by atoms with Crippen molar-refractivity contribution in [1.29, 1.82) is 0 Å². The zero-order valence-corrected chi connectivity index (χ0v) is 13.2. The Kier molecular flexibility index (Phi) is 4.25. The van der Waals surface area contributed by atoms with Gasteiger partial charge in [0.25, 0.3) is 11.8 Å². The molecule has 0 atom stereocenters. The van der Waals surface area contributed by atoms with Crippen molar-refractivity contribution in [2.24, 2.45) is 5.73 Å². The predicted molar refractivity (Wildman–Crippen MR) is 83.9 cm³/mol. The number of rotatable bonds is 4. The molecule has 0 aliphatic carbocycles. The van der Waals surface area contributed by atoms with E-state index in [0.717, 1.165) is 10.4 Å². The van der Waals surface area contributed by atoms with Gasteiger partial charge in [0, 0.05) is 4.88 Å². The number of carbonyl (C=O) groups is 2. The van der Waals surface area contributed by atoms with Crippen molar-refractivity contribution in [3.05, 3.63) is 38.4 Å². The Labute approximate surface area is 125 Å². The number of carbonyl (C=O) groups excluding carboxylic acids is 2. The van der Waals surface area contributed by atoms with E-state index >= 15 is 0 Å². The van der Waals surface area contributed by atoms with Crippen LogP contribution in [0.4, 0.5) is 5.00 Å². The zero-order chi connectivity index (χ0) is 14.9. The molecule has 0 aliphatic rings. The summed E-state index contributed by atoms with van der Waals surface area (Å²) in [4.78, 5) is 25.4. The Morgan fingerprint density at radius 3 is 2.55 bits per heavy atom. The van der Waals surface area contributed by atoms with E-state index in [1.54, 1.807) is 6.07 Å². The molecule has 0 aliphatic heterocycles. The van der Waals surface area contributed by atoms with Crippen molar-refractivity contribution >= 4 is 39.5 Å². The first kappa shape index (κ1) is 14.7. The molecule has 20 heavy (non-hydrogen) atoms. The number of amides is 2. The lowest BCUT2D eigenvalue weighted by atomic mass is 10.1. The molecule has 2 rings (SSSR count). The minimum absolute atomic E-state index is 0.197. The van der Waals surface area contributed by atoms with Crippen LogP contribution in [0, 0.1) is 6.92 Å². The highest BCUT2D eigenvalue weighted by molar-refractivity contribution is 7.17. The molecule has 0 unspecified atom stereocenters. The lowest BCUT2D eigenvalue weighted by Crippen LogP contribution is -2.16. The smallest absolute Gasteiger partial charge is 0.266 e. The molecule has 0 spiro atoms. The minimum atomic E-state index is -0.522. The highest BCUT2D eigenvalue weighted by Gasteiger charge is 2.19. The maximum absolute atomic E-state index is 12.2. The van der Waals surface area contributed by atoms with E-state index in [0.29, 0.717) is 15.4 Å². The summed E-state index contributed by atoms with van der Waals surface area (Å²) in [7, 11) is 0. The Morgan fingerprint density at radius 2 is 2.05 bits per heavy atom. The van der Waals surface area contributed by atoms with Crippen LogP contribution in [-0.4, -0.2) is 11.8 Å². The molecule has 4 nitrogen and oxygen atoms in total. The third kappa shape index (κ3) is 2.91. The van der Waals surface area contributed by atoms with Crippen molar-refractivity contribution in [2.75, 3.05) is 5.32 Å². The molecule has 0 saturated heterocycles. The van der Waals surface area contributed by atoms with Crippen molar-refractivity contribution in [1.82, 2.24) is 0 Å². The van der Waals surface area contributed by atoms with Crippen molar-refractivity contribution < 1.29 is 9.59 Å². The van der Waals surface area contributed by atoms with Crippen LogP contribution in [0.1, 0.15) is 50.2 Å². The van der Waals surface area contributed by atoms with E-state index in [2.05, 4.69) is 5.32 Å². The summed E-state index contributed by atoms with van der Waals surface area (Å²) in [5.74, 6) is -0.435. The Bertz CT molecular complexity index is 656. The number of hydrogen-bond donors (Lipinski definition) is 2. The van der Waals surface area contributed by atoms with E-state index in [1.807, 2.05) is 32.2 Å². The van der Waals surface area contributed by atoms with Gasteiger partial charge < -0.3 is 11.1 Å². The quantitative estimate of drug-likeness (QED) is 0.906. The molecule has 2 aromatic heterocycles. The molecule has 0 saturated carbocycles. The molecule has 0 radical (unpaired) electrons. The number of nitrogens with two attached hydrogens (primary N) is 1. The highest BCUT2D eigenvalue weighted by Crippen LogP contribution is 2.33. The van der Waals surface area contributed by atoms with Gasteiger partial charge in [0.2, 0.25) is 0 Å². The molecule has 0 bridgehead atoms. The molecular formula is C14H16N2O2S2. The Hall–Kier alpha value is -1.66. The van der Waals surface area contributed by atoms with Crippen LogP contribution in [0.5, 0.6) is 0 Å². The fourth-order valence-electron chi connectivity index (χ4n) is 1.74.